The SMILES string of the molecule is C.C#CC(=O)OC.CC1CCC(/C=N/O)CC1.CC1CCC(C=O)CC1.CC1CCC(CO)CC1.CC1CCC(c2cc(C(C)(C)O)on2)CC1.CCOc1ccccc1C(=O)N1C[C@H](c2cc(C(C)(C)O)on2)CC[C@H]1C.COC(=O)c1cc(C2CCC(C)CC2)no1.C[C@@H]1CC[C@@H](c2cc(C(C)(C)O)on2)CN1.C[Si](C)(C)I. The number of halogens is 1. The van der Waals surface area contributed by atoms with Gasteiger partial charge in [-0.25, -0.2) is 9.59 Å². The zero-order chi connectivity index (χ0) is 84.9. The number of carbonyl (C=O) groups is 4. The molecule has 115 heavy (non-hydrogen) atoms. The van der Waals surface area contributed by atoms with Gasteiger partial charge >= 0.3 is 11.9 Å². The molecule has 650 valence electrons. The number of nitrogens with zero attached hydrogens (tertiary/aromatic N) is 6. The van der Waals surface area contributed by atoms with Crippen molar-refractivity contribution < 1.29 is 77.1 Å². The van der Waals surface area contributed by atoms with Crippen molar-refractivity contribution in [3.63, 3.8) is 0 Å². The summed E-state index contributed by atoms with van der Waals surface area (Å²) in [5.74, 6) is 10.3. The number of ether oxygens (including phenoxy) is 3. The summed E-state index contributed by atoms with van der Waals surface area (Å²) in [6.45, 7) is 37.2. The van der Waals surface area contributed by atoms with E-state index in [0.29, 0.717) is 89.9 Å². The number of hydrogen-bond donors (Lipinski definition) is 6. The fourth-order valence-electron chi connectivity index (χ4n) is 14.6. The highest BCUT2D eigenvalue weighted by Gasteiger charge is 2.36. The smallest absolute Gasteiger partial charge is 0.383 e. The van der Waals surface area contributed by atoms with Crippen LogP contribution < -0.4 is 10.1 Å². The van der Waals surface area contributed by atoms with E-state index in [2.05, 4.69) is 137 Å². The Morgan fingerprint density at radius 1 is 0.591 bits per heavy atom. The lowest BCUT2D eigenvalue weighted by Crippen LogP contribution is -2.45. The summed E-state index contributed by atoms with van der Waals surface area (Å²) in [7, 11) is 2.58. The van der Waals surface area contributed by atoms with Gasteiger partial charge in [0.15, 0.2) is 17.3 Å². The number of esters is 2. The van der Waals surface area contributed by atoms with Crippen molar-refractivity contribution in [3.05, 3.63) is 99.9 Å². The van der Waals surface area contributed by atoms with Crippen LogP contribution in [-0.4, -0.2) is 140 Å². The number of amides is 1. The number of para-hydroxylation sites is 1. The van der Waals surface area contributed by atoms with Crippen LogP contribution in [0.5, 0.6) is 5.75 Å². The van der Waals surface area contributed by atoms with E-state index in [4.69, 9.17) is 33.1 Å². The Labute approximate surface area is 703 Å². The fourth-order valence-corrected chi connectivity index (χ4v) is 14.6. The molecule has 0 bridgehead atoms. The third-order valence-electron chi connectivity index (χ3n) is 22.5. The van der Waals surface area contributed by atoms with E-state index in [9.17, 15) is 34.5 Å². The molecular formula is C90H148IN7O16Si. The predicted molar refractivity (Wildman–Crippen MR) is 465 cm³/mol. The summed E-state index contributed by atoms with van der Waals surface area (Å²) < 4.78 is 34.9. The average molecular weight is 1740 g/mol. The Morgan fingerprint density at radius 3 is 1.36 bits per heavy atom. The molecule has 25 heteroatoms. The molecule has 7 aliphatic rings. The van der Waals surface area contributed by atoms with Crippen LogP contribution in [0.15, 0.2) is 71.8 Å². The highest BCUT2D eigenvalue weighted by Crippen LogP contribution is 2.39. The van der Waals surface area contributed by atoms with E-state index < -0.39 is 34.3 Å². The van der Waals surface area contributed by atoms with Gasteiger partial charge < -0.3 is 72.9 Å². The molecule has 4 aromatic heterocycles. The number of rotatable bonds is 14. The number of nitrogens with one attached hydrogen (secondary N) is 1. The van der Waals surface area contributed by atoms with Crippen LogP contribution >= 0.6 is 21.8 Å². The monoisotopic (exact) mass is 1740 g/mol. The standard InChI is InChI=1S/C21H28N2O4.C13H21NO2.C12H20N2O2.C12H17NO3.C8H15NO.C8H16O.C8H14O.C4H4O2.C3H9ISi.CH4/c1-5-26-18-9-7-6-8-16(18)20(24)23-13-15(11-10-14(23)2)17-12-19(27-22-17)21(3,4)25;1-9-4-6-10(7-5-9)11-8-12(16-14-11)13(2,3)15;1-8-4-5-9(7-13-8)10-6-11(16-14-10)12(2,3)15;1-8-3-5-9(6-4-8)10-7-11(16-13-10)12(14)15-2;1-7-2-4-8(5-3-7)6-9-10;2*1-7-2-4-8(6-9)5-3-7;1-3-4(5)6-2;1-5(2,3)4;/h6-9,12,14-15,25H,5,10-11,13H2,1-4H3;8-10,15H,4-7H2,1-3H3;6,8-9,13,15H,4-5,7H2,1-3H3;7-9H,3-6H2,1-2H3;6-8,10H,2-5H2,1H3;7-9H,2-6H2,1H3;6-8H,2-5H2,1H3;1H,2H3;1-3H3;1H4/b;;;;9-6+;;;;;/t14-,15-;;8-,9-;;;;;;;/m1.1......./s1. The molecule has 1 amide bonds. The minimum atomic E-state index is -1.07. The van der Waals surface area contributed by atoms with Crippen molar-refractivity contribution in [1.82, 2.24) is 30.8 Å². The summed E-state index contributed by atoms with van der Waals surface area (Å²) in [4.78, 5) is 46.3. The zero-order valence-electron chi connectivity index (χ0n) is 72.5. The second-order valence-corrected chi connectivity index (χ2v) is 49.4. The molecular weight excluding hydrogens is 1590 g/mol. The molecule has 5 saturated carbocycles. The quantitative estimate of drug-likeness (QED) is 0.00575. The number of hydrogen-bond acceptors (Lipinski definition) is 22. The zero-order valence-corrected chi connectivity index (χ0v) is 75.7. The van der Waals surface area contributed by atoms with E-state index in [1.165, 1.54) is 117 Å². The van der Waals surface area contributed by atoms with Gasteiger partial charge in [0.25, 0.3) is 5.91 Å². The number of carbonyl (C=O) groups excluding carboxylic acids is 4. The lowest BCUT2D eigenvalue weighted by molar-refractivity contribution is -0.133. The van der Waals surface area contributed by atoms with Crippen LogP contribution in [0.1, 0.15) is 343 Å². The first-order valence-corrected chi connectivity index (χ1v) is 48.7. The number of piperidine rings is 2. The second-order valence-electron chi connectivity index (χ2n) is 35.6. The predicted octanol–water partition coefficient (Wildman–Crippen LogP) is 20.2. The van der Waals surface area contributed by atoms with Crippen molar-refractivity contribution in [3.8, 4) is 18.1 Å². The summed E-state index contributed by atoms with van der Waals surface area (Å²) >= 11 is 2.52. The van der Waals surface area contributed by atoms with Crippen LogP contribution in [-0.2, 0) is 35.9 Å². The van der Waals surface area contributed by atoms with E-state index >= 15 is 0 Å². The van der Waals surface area contributed by atoms with Crippen LogP contribution in [0.2, 0.25) is 19.6 Å². The minimum absolute atomic E-state index is 0. The Balaban J connectivity index is 0.000000349. The third kappa shape index (κ3) is 39.0. The van der Waals surface area contributed by atoms with Gasteiger partial charge in [-0.2, -0.15) is 0 Å². The first-order valence-electron chi connectivity index (χ1n) is 42.1. The molecule has 2 saturated heterocycles. The maximum atomic E-state index is 13.2. The second kappa shape index (κ2) is 51.9. The fraction of sp³-hybridized carbons (Fsp3) is 0.722. The highest BCUT2D eigenvalue weighted by molar-refractivity contribution is 14.1. The van der Waals surface area contributed by atoms with Gasteiger partial charge in [0.1, 0.15) is 34.4 Å². The summed E-state index contributed by atoms with van der Waals surface area (Å²) in [5.41, 5.74) is 0.664. The van der Waals surface area contributed by atoms with Gasteiger partial charge in [-0.1, -0.05) is 159 Å². The van der Waals surface area contributed by atoms with Crippen molar-refractivity contribution in [2.45, 2.75) is 331 Å². The molecule has 0 unspecified atom stereocenters. The van der Waals surface area contributed by atoms with Crippen LogP contribution in [0.3, 0.4) is 0 Å². The number of methoxy groups -OCH3 is 2. The van der Waals surface area contributed by atoms with Crippen molar-refractivity contribution in [2.24, 2.45) is 52.5 Å². The Bertz CT molecular complexity index is 3490. The molecule has 1 aromatic carbocycles. The molecule has 5 aliphatic carbocycles. The molecule has 7 fully saturated rings. The molecule has 5 aromatic rings. The van der Waals surface area contributed by atoms with E-state index in [1.807, 2.05) is 48.2 Å². The summed E-state index contributed by atoms with van der Waals surface area (Å²) in [5, 5.41) is 69.5. The Kier molecular flexibility index (Phi) is 46.5. The Hall–Kier alpha value is -6.28. The Morgan fingerprint density at radius 2 is 0.983 bits per heavy atom. The normalized spacial score (nSPS) is 25.4. The first-order chi connectivity index (χ1) is 53.7. The van der Waals surface area contributed by atoms with Crippen LogP contribution in [0.4, 0.5) is 0 Å². The van der Waals surface area contributed by atoms with Gasteiger partial charge in [0.05, 0.1) is 49.2 Å². The van der Waals surface area contributed by atoms with Crippen LogP contribution in [0, 0.1) is 59.7 Å². The number of aldehydes is 1. The summed E-state index contributed by atoms with van der Waals surface area (Å²) in [6, 6.07) is 15.4. The minimum Gasteiger partial charge on any atom is -0.493 e. The van der Waals surface area contributed by atoms with Gasteiger partial charge in [0, 0.05) is 97.8 Å². The first kappa shape index (κ1) is 103. The third-order valence-corrected chi connectivity index (χ3v) is 22.5. The number of oxime groups is 1. The highest BCUT2D eigenvalue weighted by atomic mass is 127. The number of likely N-dealkylation sites (tertiary alicyclic amines) is 1. The van der Waals surface area contributed by atoms with Crippen molar-refractivity contribution >= 4 is 57.7 Å². The molecule has 6 heterocycles. The molecule has 4 atom stereocenters. The molecule has 0 spiro atoms. The maximum Gasteiger partial charge on any atom is 0.383 e. The lowest BCUT2D eigenvalue weighted by atomic mass is 9.81. The molecule has 2 aliphatic heterocycles. The van der Waals surface area contributed by atoms with E-state index in [0.717, 1.165) is 117 Å². The molecule has 23 nitrogen and oxygen atoms in total. The lowest BCUT2D eigenvalue weighted by Gasteiger charge is -2.37. The number of aliphatic hydroxyl groups is 4. The van der Waals surface area contributed by atoms with E-state index in [-0.39, 0.29) is 31.1 Å². The average Bonchev–Trinajstić information content (AvgIpc) is 1.77. The largest absolute Gasteiger partial charge is 0.493 e. The van der Waals surface area contributed by atoms with E-state index in [1.54, 1.807) is 65.8 Å². The van der Waals surface area contributed by atoms with Gasteiger partial charge in [-0.3, -0.25) is 4.79 Å². The number of aliphatic hydroxyl groups excluding tert-OH is 1. The number of terminal acetylenes is 1. The topological polar surface area (TPSA) is 329 Å². The van der Waals surface area contributed by atoms with Crippen molar-refractivity contribution in [1.29, 1.82) is 0 Å². The van der Waals surface area contributed by atoms with Gasteiger partial charge in [-0.05, 0) is 206 Å². The number of aromatic nitrogens is 4. The maximum absolute atomic E-state index is 13.2. The van der Waals surface area contributed by atoms with Crippen LogP contribution in [0.25, 0.3) is 0 Å². The van der Waals surface area contributed by atoms with Gasteiger partial charge in [-0.15, -0.1) is 33.4 Å². The molecule has 12 rings (SSSR count). The number of benzene rings is 1. The summed E-state index contributed by atoms with van der Waals surface area (Å²) in [6.07, 6.45) is 36.0. The molecule has 0 radical (unpaired) electrons. The van der Waals surface area contributed by atoms with Crippen molar-refractivity contribution in [2.75, 3.05) is 40.5 Å². The molecule has 6 N–H and O–H groups in total. The van der Waals surface area contributed by atoms with Gasteiger partial charge in [0.2, 0.25) is 5.76 Å².